The van der Waals surface area contributed by atoms with Crippen LogP contribution in [0.5, 0.6) is 0 Å². The Kier molecular flexibility index (Phi) is 5.00. The van der Waals surface area contributed by atoms with Crippen molar-refractivity contribution in [2.75, 3.05) is 13.1 Å². The highest BCUT2D eigenvalue weighted by molar-refractivity contribution is 5.15. The molecule has 0 spiro atoms. The predicted octanol–water partition coefficient (Wildman–Crippen LogP) is 3.14. The minimum absolute atomic E-state index is 0.624. The third kappa shape index (κ3) is 3.80. The largest absolute Gasteiger partial charge is 0.311 e. The highest BCUT2D eigenvalue weighted by Crippen LogP contribution is 2.20. The van der Waals surface area contributed by atoms with Gasteiger partial charge in [-0.2, -0.15) is 0 Å². The first-order valence-corrected chi connectivity index (χ1v) is 7.59. The molecule has 0 aliphatic carbocycles. The molecule has 1 aliphatic rings. The van der Waals surface area contributed by atoms with Gasteiger partial charge in [-0.1, -0.05) is 58.0 Å². The van der Waals surface area contributed by atoms with Crippen LogP contribution < -0.4 is 5.32 Å². The van der Waals surface area contributed by atoms with E-state index in [2.05, 4.69) is 68.2 Å². The molecule has 1 aromatic rings. The summed E-state index contributed by atoms with van der Waals surface area (Å²) in [5.74, 6) is 1.40. The molecule has 1 aliphatic heterocycles. The molecular weight excluding hydrogens is 232 g/mol. The number of hydrogen-bond acceptors (Lipinski definition) is 2. The molecule has 1 heterocycles. The maximum absolute atomic E-state index is 3.72. The molecule has 0 bridgehead atoms. The van der Waals surface area contributed by atoms with Crippen molar-refractivity contribution in [1.29, 1.82) is 0 Å². The molecule has 106 valence electrons. The second kappa shape index (κ2) is 6.53. The van der Waals surface area contributed by atoms with Crippen molar-refractivity contribution in [3.63, 3.8) is 0 Å². The summed E-state index contributed by atoms with van der Waals surface area (Å²) in [6.45, 7) is 12.7. The van der Waals surface area contributed by atoms with E-state index in [9.17, 15) is 0 Å². The average molecular weight is 260 g/mol. The second-order valence-corrected chi connectivity index (χ2v) is 6.49. The Labute approximate surface area is 118 Å². The summed E-state index contributed by atoms with van der Waals surface area (Å²) >= 11 is 0. The molecule has 1 aromatic carbocycles. The summed E-state index contributed by atoms with van der Waals surface area (Å²) in [5.41, 5.74) is 1.43. The van der Waals surface area contributed by atoms with E-state index in [4.69, 9.17) is 0 Å². The lowest BCUT2D eigenvalue weighted by Crippen LogP contribution is -2.59. The van der Waals surface area contributed by atoms with Gasteiger partial charge < -0.3 is 5.32 Å². The molecule has 2 heteroatoms. The van der Waals surface area contributed by atoms with Crippen LogP contribution in [0.2, 0.25) is 0 Å². The number of nitrogens with zero attached hydrogens (tertiary/aromatic N) is 1. The van der Waals surface area contributed by atoms with Crippen LogP contribution in [-0.4, -0.2) is 30.1 Å². The van der Waals surface area contributed by atoms with Crippen molar-refractivity contribution in [2.24, 2.45) is 11.8 Å². The average Bonchev–Trinajstić information content (AvgIpc) is 2.39. The summed E-state index contributed by atoms with van der Waals surface area (Å²) in [6.07, 6.45) is 0. The summed E-state index contributed by atoms with van der Waals surface area (Å²) in [4.78, 5) is 2.67. The minimum Gasteiger partial charge on any atom is -0.311 e. The van der Waals surface area contributed by atoms with Gasteiger partial charge in [0.2, 0.25) is 0 Å². The number of nitrogens with one attached hydrogen (secondary N) is 1. The molecule has 19 heavy (non-hydrogen) atoms. The summed E-state index contributed by atoms with van der Waals surface area (Å²) in [7, 11) is 0. The maximum Gasteiger partial charge on any atom is 0.0247 e. The smallest absolute Gasteiger partial charge is 0.0247 e. The molecule has 1 fully saturated rings. The van der Waals surface area contributed by atoms with Crippen LogP contribution in [-0.2, 0) is 6.54 Å². The first-order valence-electron chi connectivity index (χ1n) is 7.59. The second-order valence-electron chi connectivity index (χ2n) is 6.49. The van der Waals surface area contributed by atoms with E-state index in [0.717, 1.165) is 19.6 Å². The third-order valence-electron chi connectivity index (χ3n) is 4.29. The van der Waals surface area contributed by atoms with Gasteiger partial charge in [-0.3, -0.25) is 4.90 Å². The van der Waals surface area contributed by atoms with Crippen LogP contribution in [0.4, 0.5) is 0 Å². The van der Waals surface area contributed by atoms with E-state index < -0.39 is 0 Å². The van der Waals surface area contributed by atoms with Crippen molar-refractivity contribution in [2.45, 2.75) is 46.3 Å². The molecule has 1 saturated heterocycles. The molecular formula is C17H28N2. The topological polar surface area (TPSA) is 15.3 Å². The molecule has 2 nitrogen and oxygen atoms in total. The van der Waals surface area contributed by atoms with Crippen molar-refractivity contribution in [3.05, 3.63) is 35.9 Å². The highest BCUT2D eigenvalue weighted by atomic mass is 15.2. The molecule has 0 saturated carbocycles. The van der Waals surface area contributed by atoms with Crippen LogP contribution in [0.25, 0.3) is 0 Å². The number of benzene rings is 1. The fourth-order valence-electron chi connectivity index (χ4n) is 2.96. The first-order chi connectivity index (χ1) is 9.08. The van der Waals surface area contributed by atoms with Crippen molar-refractivity contribution < 1.29 is 0 Å². The Bertz CT molecular complexity index is 372. The van der Waals surface area contributed by atoms with Gasteiger partial charge in [-0.15, -0.1) is 0 Å². The quantitative estimate of drug-likeness (QED) is 0.894. The van der Waals surface area contributed by atoms with Gasteiger partial charge in [-0.05, 0) is 17.4 Å². The van der Waals surface area contributed by atoms with Gasteiger partial charge in [0.1, 0.15) is 0 Å². The number of rotatable bonds is 4. The Hall–Kier alpha value is -0.860. The van der Waals surface area contributed by atoms with Crippen molar-refractivity contribution >= 4 is 0 Å². The minimum atomic E-state index is 0.624. The van der Waals surface area contributed by atoms with Gasteiger partial charge in [0, 0.05) is 31.7 Å². The highest BCUT2D eigenvalue weighted by Gasteiger charge is 2.30. The van der Waals surface area contributed by atoms with Gasteiger partial charge in [0.05, 0.1) is 0 Å². The fourth-order valence-corrected chi connectivity index (χ4v) is 2.96. The third-order valence-corrected chi connectivity index (χ3v) is 4.29. The number of piperazine rings is 1. The van der Waals surface area contributed by atoms with Crippen LogP contribution in [0, 0.1) is 11.8 Å². The lowest BCUT2D eigenvalue weighted by molar-refractivity contribution is 0.0784. The molecule has 2 rings (SSSR count). The zero-order chi connectivity index (χ0) is 13.8. The van der Waals surface area contributed by atoms with E-state index in [1.54, 1.807) is 0 Å². The molecule has 2 atom stereocenters. The zero-order valence-corrected chi connectivity index (χ0v) is 12.8. The Balaban J connectivity index is 2.07. The zero-order valence-electron chi connectivity index (χ0n) is 12.8. The SMILES string of the molecule is CC(C)C1CN(Cc2ccccc2)C(C(C)C)CN1. The maximum atomic E-state index is 3.72. The molecule has 1 N–H and O–H groups in total. The van der Waals surface area contributed by atoms with E-state index in [-0.39, 0.29) is 0 Å². The van der Waals surface area contributed by atoms with Crippen LogP contribution >= 0.6 is 0 Å². The summed E-state index contributed by atoms with van der Waals surface area (Å²) in [5, 5.41) is 3.72. The standard InChI is InChI=1S/C17H28N2/c1-13(2)16-12-19(17(10-18-16)14(3)4)11-15-8-6-5-7-9-15/h5-9,13-14,16-18H,10-12H2,1-4H3. The summed E-state index contributed by atoms with van der Waals surface area (Å²) in [6, 6.07) is 12.1. The van der Waals surface area contributed by atoms with Gasteiger partial charge >= 0.3 is 0 Å². The first kappa shape index (κ1) is 14.5. The normalized spacial score (nSPS) is 25.2. The molecule has 2 unspecified atom stereocenters. The van der Waals surface area contributed by atoms with Crippen LogP contribution in [0.3, 0.4) is 0 Å². The fraction of sp³-hybridized carbons (Fsp3) is 0.647. The Morgan fingerprint density at radius 2 is 1.79 bits per heavy atom. The van der Waals surface area contributed by atoms with Gasteiger partial charge in [0.25, 0.3) is 0 Å². The lowest BCUT2D eigenvalue weighted by Gasteiger charge is -2.43. The van der Waals surface area contributed by atoms with Crippen LogP contribution in [0.1, 0.15) is 33.3 Å². The summed E-state index contributed by atoms with van der Waals surface area (Å²) < 4.78 is 0. The van der Waals surface area contributed by atoms with Crippen LogP contribution in [0.15, 0.2) is 30.3 Å². The van der Waals surface area contributed by atoms with Gasteiger partial charge in [0.15, 0.2) is 0 Å². The predicted molar refractivity (Wildman–Crippen MR) is 82.1 cm³/mol. The monoisotopic (exact) mass is 260 g/mol. The van der Waals surface area contributed by atoms with Crippen molar-refractivity contribution in [1.82, 2.24) is 10.2 Å². The van der Waals surface area contributed by atoms with E-state index in [1.807, 2.05) is 0 Å². The molecule has 0 radical (unpaired) electrons. The van der Waals surface area contributed by atoms with Gasteiger partial charge in [-0.25, -0.2) is 0 Å². The molecule has 0 amide bonds. The Morgan fingerprint density at radius 1 is 1.11 bits per heavy atom. The van der Waals surface area contributed by atoms with E-state index in [0.29, 0.717) is 23.9 Å². The van der Waals surface area contributed by atoms with Crippen molar-refractivity contribution in [3.8, 4) is 0 Å². The van der Waals surface area contributed by atoms with E-state index in [1.165, 1.54) is 5.56 Å². The number of hydrogen-bond donors (Lipinski definition) is 1. The van der Waals surface area contributed by atoms with E-state index >= 15 is 0 Å². The molecule has 0 aromatic heterocycles. The lowest BCUT2D eigenvalue weighted by atomic mass is 9.94. The Morgan fingerprint density at radius 3 is 2.37 bits per heavy atom.